The van der Waals surface area contributed by atoms with E-state index in [0.717, 1.165) is 18.4 Å². The van der Waals surface area contributed by atoms with Gasteiger partial charge in [0.1, 0.15) is 0 Å². The van der Waals surface area contributed by atoms with Gasteiger partial charge < -0.3 is 15.5 Å². The van der Waals surface area contributed by atoms with E-state index in [1.165, 1.54) is 11.1 Å². The number of fused-ring (bicyclic) bond motifs is 1. The zero-order chi connectivity index (χ0) is 15.8. The first-order chi connectivity index (χ1) is 10.1. The molecule has 1 aliphatic carbocycles. The molecule has 1 aromatic carbocycles. The Morgan fingerprint density at radius 1 is 1.38 bits per heavy atom. The number of aliphatic carboxylic acids is 1. The van der Waals surface area contributed by atoms with Gasteiger partial charge in [0, 0.05) is 12.5 Å². The summed E-state index contributed by atoms with van der Waals surface area (Å²) in [4.78, 5) is 10.4. The summed E-state index contributed by atoms with van der Waals surface area (Å²) < 4.78 is 0. The lowest BCUT2D eigenvalue weighted by Crippen LogP contribution is -2.39. The molecule has 0 amide bonds. The van der Waals surface area contributed by atoms with E-state index >= 15 is 0 Å². The van der Waals surface area contributed by atoms with Crippen molar-refractivity contribution in [3.05, 3.63) is 34.9 Å². The van der Waals surface area contributed by atoms with Crippen LogP contribution >= 0.6 is 0 Å². The van der Waals surface area contributed by atoms with Gasteiger partial charge in [-0.1, -0.05) is 37.6 Å². The van der Waals surface area contributed by atoms with E-state index in [9.17, 15) is 9.90 Å². The van der Waals surface area contributed by atoms with Gasteiger partial charge in [-0.2, -0.15) is 0 Å². The summed E-state index contributed by atoms with van der Waals surface area (Å²) in [5, 5.41) is 22.2. The second-order valence-electron chi connectivity index (χ2n) is 5.24. The van der Waals surface area contributed by atoms with Crippen molar-refractivity contribution in [2.24, 2.45) is 0 Å². The van der Waals surface area contributed by atoms with Crippen molar-refractivity contribution < 1.29 is 15.0 Å². The molecule has 3 N–H and O–H groups in total. The van der Waals surface area contributed by atoms with Crippen LogP contribution in [0.1, 0.15) is 55.9 Å². The summed E-state index contributed by atoms with van der Waals surface area (Å²) in [6, 6.07) is 6.19. The summed E-state index contributed by atoms with van der Waals surface area (Å²) in [5.41, 5.74) is 3.46. The lowest BCUT2D eigenvalue weighted by molar-refractivity contribution is -0.137. The normalized spacial score (nSPS) is 20.2. The molecule has 0 spiro atoms. The molecule has 1 aliphatic rings. The van der Waals surface area contributed by atoms with Gasteiger partial charge in [0.05, 0.1) is 6.10 Å². The Kier molecular flexibility index (Phi) is 7.40. The highest BCUT2D eigenvalue weighted by Crippen LogP contribution is 2.30. The van der Waals surface area contributed by atoms with E-state index < -0.39 is 12.1 Å². The molecular formula is C17H27NO3. The highest BCUT2D eigenvalue weighted by atomic mass is 16.4. The van der Waals surface area contributed by atoms with Crippen LogP contribution in [0.3, 0.4) is 0 Å². The second kappa shape index (κ2) is 8.80. The number of aliphatic hydroxyl groups is 1. The molecule has 21 heavy (non-hydrogen) atoms. The first kappa shape index (κ1) is 17.7. The number of rotatable bonds is 5. The summed E-state index contributed by atoms with van der Waals surface area (Å²) in [6.45, 7) is 6.69. The Morgan fingerprint density at radius 3 is 2.76 bits per heavy atom. The highest BCUT2D eigenvalue weighted by molar-refractivity contribution is 5.66. The quantitative estimate of drug-likeness (QED) is 0.730. The Labute approximate surface area is 127 Å². The van der Waals surface area contributed by atoms with Crippen molar-refractivity contribution in [2.75, 3.05) is 6.54 Å². The number of nitrogens with one attached hydrogen (secondary N) is 1. The van der Waals surface area contributed by atoms with Crippen molar-refractivity contribution in [3.63, 3.8) is 0 Å². The fourth-order valence-electron chi connectivity index (χ4n) is 2.67. The van der Waals surface area contributed by atoms with E-state index in [-0.39, 0.29) is 12.5 Å². The van der Waals surface area contributed by atoms with Crippen molar-refractivity contribution >= 4 is 5.97 Å². The summed E-state index contributed by atoms with van der Waals surface area (Å²) in [5.74, 6) is -0.771. The van der Waals surface area contributed by atoms with Crippen LogP contribution in [0.2, 0.25) is 0 Å². The molecule has 0 heterocycles. The number of hydrogen-bond donors (Lipinski definition) is 3. The van der Waals surface area contributed by atoms with Crippen molar-refractivity contribution in [1.82, 2.24) is 5.32 Å². The van der Waals surface area contributed by atoms with Crippen LogP contribution < -0.4 is 5.32 Å². The molecule has 0 radical (unpaired) electrons. The van der Waals surface area contributed by atoms with Gasteiger partial charge in [0.15, 0.2) is 0 Å². The molecule has 2 unspecified atom stereocenters. The minimum atomic E-state index is -0.771. The molecule has 0 aromatic heterocycles. The number of carbonyl (C=O) groups is 1. The molecule has 118 valence electrons. The van der Waals surface area contributed by atoms with Crippen molar-refractivity contribution in [3.8, 4) is 0 Å². The fourth-order valence-corrected chi connectivity index (χ4v) is 2.67. The zero-order valence-electron chi connectivity index (χ0n) is 13.2. The van der Waals surface area contributed by atoms with Crippen molar-refractivity contribution in [1.29, 1.82) is 0 Å². The first-order valence-corrected chi connectivity index (χ1v) is 7.80. The Bertz CT molecular complexity index is 459. The maximum Gasteiger partial charge on any atom is 0.303 e. The topological polar surface area (TPSA) is 69.6 Å². The molecule has 0 saturated carbocycles. The summed E-state index contributed by atoms with van der Waals surface area (Å²) in [7, 11) is 0. The predicted molar refractivity (Wildman–Crippen MR) is 84.5 cm³/mol. The van der Waals surface area contributed by atoms with Gasteiger partial charge in [-0.25, -0.2) is 0 Å². The number of benzene rings is 1. The smallest absolute Gasteiger partial charge is 0.303 e. The SMILES string of the molecule is CC.Cc1ccc2c(c1)CCC(NCCCC(=O)O)C2O. The zero-order valence-corrected chi connectivity index (χ0v) is 13.2. The van der Waals surface area contributed by atoms with Crippen LogP contribution in [0.15, 0.2) is 18.2 Å². The van der Waals surface area contributed by atoms with E-state index in [1.54, 1.807) is 0 Å². The molecule has 4 nitrogen and oxygen atoms in total. The number of hydrogen-bond acceptors (Lipinski definition) is 3. The molecule has 0 bridgehead atoms. The fraction of sp³-hybridized carbons (Fsp3) is 0.588. The van der Waals surface area contributed by atoms with Crippen LogP contribution in [0.4, 0.5) is 0 Å². The van der Waals surface area contributed by atoms with Crippen LogP contribution in [-0.4, -0.2) is 28.8 Å². The lowest BCUT2D eigenvalue weighted by atomic mass is 9.85. The van der Waals surface area contributed by atoms with Gasteiger partial charge in [-0.15, -0.1) is 0 Å². The largest absolute Gasteiger partial charge is 0.481 e. The average Bonchev–Trinajstić information content (AvgIpc) is 2.47. The Balaban J connectivity index is 0.00000106. The molecule has 4 heteroatoms. The van der Waals surface area contributed by atoms with Gasteiger partial charge >= 0.3 is 5.97 Å². The molecule has 2 atom stereocenters. The van der Waals surface area contributed by atoms with E-state index in [2.05, 4.69) is 18.3 Å². The van der Waals surface area contributed by atoms with Crippen LogP contribution in [0, 0.1) is 6.92 Å². The van der Waals surface area contributed by atoms with Gasteiger partial charge in [-0.05, 0) is 43.9 Å². The van der Waals surface area contributed by atoms with Crippen LogP contribution in [0.25, 0.3) is 0 Å². The lowest BCUT2D eigenvalue weighted by Gasteiger charge is -2.31. The Hall–Kier alpha value is -1.39. The maximum absolute atomic E-state index is 10.4. The molecule has 0 saturated heterocycles. The molecule has 0 aliphatic heterocycles. The average molecular weight is 293 g/mol. The minimum absolute atomic E-state index is 0.0315. The molecule has 2 rings (SSSR count). The third-order valence-electron chi connectivity index (χ3n) is 3.70. The van der Waals surface area contributed by atoms with Gasteiger partial charge in [-0.3, -0.25) is 4.79 Å². The van der Waals surface area contributed by atoms with E-state index in [4.69, 9.17) is 5.11 Å². The van der Waals surface area contributed by atoms with Crippen LogP contribution in [0.5, 0.6) is 0 Å². The number of carboxylic acids is 1. The van der Waals surface area contributed by atoms with Crippen LogP contribution in [-0.2, 0) is 11.2 Å². The minimum Gasteiger partial charge on any atom is -0.481 e. The third-order valence-corrected chi connectivity index (χ3v) is 3.70. The maximum atomic E-state index is 10.4. The monoisotopic (exact) mass is 293 g/mol. The third kappa shape index (κ3) is 5.14. The summed E-state index contributed by atoms with van der Waals surface area (Å²) >= 11 is 0. The second-order valence-corrected chi connectivity index (χ2v) is 5.24. The Morgan fingerprint density at radius 2 is 2.10 bits per heavy atom. The standard InChI is InChI=1S/C15H21NO3.C2H6/c1-10-4-6-12-11(9-10)5-7-13(15(12)19)16-8-2-3-14(17)18;1-2/h4,6,9,13,15-16,19H,2-3,5,7-8H2,1H3,(H,17,18);1-2H3. The number of aryl methyl sites for hydroxylation is 2. The molecule has 1 aromatic rings. The van der Waals surface area contributed by atoms with E-state index in [0.29, 0.717) is 13.0 Å². The first-order valence-electron chi connectivity index (χ1n) is 7.80. The highest BCUT2D eigenvalue weighted by Gasteiger charge is 2.27. The van der Waals surface area contributed by atoms with Gasteiger partial charge in [0.25, 0.3) is 0 Å². The molecular weight excluding hydrogens is 266 g/mol. The molecule has 0 fully saturated rings. The van der Waals surface area contributed by atoms with E-state index in [1.807, 2.05) is 26.0 Å². The number of carboxylic acid groups (broad SMARTS) is 1. The van der Waals surface area contributed by atoms with Gasteiger partial charge in [0.2, 0.25) is 0 Å². The number of aliphatic hydroxyl groups excluding tert-OH is 1. The summed E-state index contributed by atoms with van der Waals surface area (Å²) in [6.07, 6.45) is 2.13. The predicted octanol–water partition coefficient (Wildman–Crippen LogP) is 2.82. The van der Waals surface area contributed by atoms with Crippen molar-refractivity contribution in [2.45, 2.75) is 58.6 Å².